The molecule has 2 saturated heterocycles. The van der Waals surface area contributed by atoms with Crippen LogP contribution in [-0.2, 0) is 19.1 Å². The van der Waals surface area contributed by atoms with Gasteiger partial charge < -0.3 is 34.6 Å². The Morgan fingerprint density at radius 1 is 1.16 bits per heavy atom. The highest BCUT2D eigenvalue weighted by Gasteiger charge is 2.52. The topological polar surface area (TPSA) is 150 Å². The molecule has 3 N–H and O–H groups in total. The number of benzene rings is 2. The van der Waals surface area contributed by atoms with Crippen molar-refractivity contribution in [2.45, 2.75) is 49.5 Å². The van der Waals surface area contributed by atoms with Crippen molar-refractivity contribution in [2.24, 2.45) is 0 Å². The molecule has 0 radical (unpaired) electrons. The number of carbonyl (C=O) groups is 2. The molecule has 17 heteroatoms. The fraction of sp³-hybridized carbons (Fsp3) is 0.429. The Labute approximate surface area is 274 Å². The summed E-state index contributed by atoms with van der Waals surface area (Å²) >= 11 is 15.5. The van der Waals surface area contributed by atoms with Crippen LogP contribution in [0.3, 0.4) is 0 Å². The van der Waals surface area contributed by atoms with Gasteiger partial charge in [-0.05, 0) is 46.3 Å². The quantitative estimate of drug-likeness (QED) is 0.312. The molecule has 2 aromatic carbocycles. The fourth-order valence-corrected chi connectivity index (χ4v) is 6.53. The molecule has 12 nitrogen and oxygen atoms in total. The second-order valence-corrected chi connectivity index (χ2v) is 12.4. The Kier molecular flexibility index (Phi) is 10.1. The van der Waals surface area contributed by atoms with E-state index in [1.165, 1.54) is 60.4 Å². The van der Waals surface area contributed by atoms with Gasteiger partial charge >= 0.3 is 0 Å². The number of rotatable bonds is 7. The summed E-state index contributed by atoms with van der Waals surface area (Å²) in [5, 5.41) is 40.7. The van der Waals surface area contributed by atoms with Crippen molar-refractivity contribution < 1.29 is 43.2 Å². The number of ether oxygens (including phenoxy) is 2. The SMILES string of the molecule is COC1C(C(=O)N(c2cc(Cl)cc(Cl)c2)[C@H]2CN(C(C)=O)C[C@@H]2O)OC(CO)C(O)C1n1cc(-c2ccc(Br)c(F)c2F)nn1. The zero-order chi connectivity index (χ0) is 32.7. The van der Waals surface area contributed by atoms with Gasteiger partial charge in [-0.3, -0.25) is 9.59 Å². The number of hydrogen-bond acceptors (Lipinski definition) is 9. The molecule has 2 amide bonds. The van der Waals surface area contributed by atoms with Crippen LogP contribution in [0.5, 0.6) is 0 Å². The molecule has 2 aliphatic heterocycles. The molecule has 1 aromatic heterocycles. The molecule has 5 unspecified atom stereocenters. The summed E-state index contributed by atoms with van der Waals surface area (Å²) in [4.78, 5) is 29.2. The molecular weight excluding hydrogens is 707 g/mol. The highest BCUT2D eigenvalue weighted by atomic mass is 79.9. The molecule has 7 atom stereocenters. The zero-order valence-electron chi connectivity index (χ0n) is 23.7. The van der Waals surface area contributed by atoms with E-state index >= 15 is 0 Å². The Hall–Kier alpha value is -2.76. The van der Waals surface area contributed by atoms with E-state index in [0.717, 1.165) is 4.68 Å². The van der Waals surface area contributed by atoms with Crippen molar-refractivity contribution in [1.82, 2.24) is 19.9 Å². The first-order valence-electron chi connectivity index (χ1n) is 13.6. The third-order valence-electron chi connectivity index (χ3n) is 7.91. The lowest BCUT2D eigenvalue weighted by atomic mass is 9.91. The Balaban J connectivity index is 1.56. The van der Waals surface area contributed by atoms with Crippen molar-refractivity contribution in [3.8, 4) is 11.3 Å². The average Bonchev–Trinajstić information content (AvgIpc) is 3.62. The molecule has 45 heavy (non-hydrogen) atoms. The summed E-state index contributed by atoms with van der Waals surface area (Å²) < 4.78 is 41.6. The third kappa shape index (κ3) is 6.45. The zero-order valence-corrected chi connectivity index (χ0v) is 26.8. The number of likely N-dealkylation sites (tertiary alicyclic amines) is 1. The van der Waals surface area contributed by atoms with E-state index in [-0.39, 0.29) is 50.5 Å². The first-order chi connectivity index (χ1) is 21.4. The average molecular weight is 735 g/mol. The van der Waals surface area contributed by atoms with Gasteiger partial charge in [0.05, 0.1) is 29.4 Å². The van der Waals surface area contributed by atoms with Gasteiger partial charge in [0, 0.05) is 48.4 Å². The number of halogens is 5. The molecule has 5 rings (SSSR count). The van der Waals surface area contributed by atoms with Crippen LogP contribution >= 0.6 is 39.1 Å². The molecule has 3 heterocycles. The van der Waals surface area contributed by atoms with E-state index in [2.05, 4.69) is 26.2 Å². The summed E-state index contributed by atoms with van der Waals surface area (Å²) in [7, 11) is 1.26. The Morgan fingerprint density at radius 3 is 2.44 bits per heavy atom. The Bertz CT molecular complexity index is 1580. The smallest absolute Gasteiger partial charge is 0.259 e. The maximum absolute atomic E-state index is 14.7. The van der Waals surface area contributed by atoms with Gasteiger partial charge in [-0.1, -0.05) is 28.4 Å². The van der Waals surface area contributed by atoms with Gasteiger partial charge in [-0.15, -0.1) is 5.10 Å². The minimum Gasteiger partial charge on any atom is -0.394 e. The van der Waals surface area contributed by atoms with Crippen LogP contribution in [0, 0.1) is 11.6 Å². The van der Waals surface area contributed by atoms with Crippen molar-refractivity contribution in [2.75, 3.05) is 31.7 Å². The number of aliphatic hydroxyl groups excluding tert-OH is 3. The standard InChI is InChI=1S/C28H28BrCl2F2N5O7/c1-12(40)36-9-19(20(41)10-36)38(15-6-13(30)5-14(31)7-15)28(43)27-26(44-2)24(25(42)21(11-39)45-27)37-8-18(34-35-37)16-3-4-17(29)23(33)22(16)32/h3-8,19-21,24-27,39,41-42H,9-11H2,1-2H3/t19-,20-,21?,24?,25?,26?,27?/m0/s1. The molecule has 0 bridgehead atoms. The van der Waals surface area contributed by atoms with Crippen LogP contribution in [0.1, 0.15) is 13.0 Å². The molecule has 0 saturated carbocycles. The first-order valence-corrected chi connectivity index (χ1v) is 15.2. The minimum absolute atomic E-state index is 0.0338. The normalized spacial score (nSPS) is 26.7. The van der Waals surface area contributed by atoms with Crippen LogP contribution in [0.4, 0.5) is 14.5 Å². The van der Waals surface area contributed by atoms with Gasteiger partial charge in [-0.2, -0.15) is 0 Å². The first kappa shape index (κ1) is 33.6. The maximum Gasteiger partial charge on any atom is 0.259 e. The largest absolute Gasteiger partial charge is 0.394 e. The van der Waals surface area contributed by atoms with Crippen molar-refractivity contribution in [3.63, 3.8) is 0 Å². The van der Waals surface area contributed by atoms with Crippen LogP contribution in [0.15, 0.2) is 41.0 Å². The number of anilines is 1. The highest BCUT2D eigenvalue weighted by molar-refractivity contribution is 9.10. The summed E-state index contributed by atoms with van der Waals surface area (Å²) in [6, 6.07) is 4.74. The number of aliphatic hydroxyl groups is 3. The highest BCUT2D eigenvalue weighted by Crippen LogP contribution is 2.37. The van der Waals surface area contributed by atoms with E-state index in [0.29, 0.717) is 0 Å². The number of carbonyl (C=O) groups excluding carboxylic acids is 2. The Morgan fingerprint density at radius 2 is 1.84 bits per heavy atom. The predicted octanol–water partition coefficient (Wildman–Crippen LogP) is 2.59. The molecular formula is C28H28BrCl2F2N5O7. The van der Waals surface area contributed by atoms with E-state index in [1.54, 1.807) is 0 Å². The maximum atomic E-state index is 14.7. The van der Waals surface area contributed by atoms with Crippen molar-refractivity contribution in [1.29, 1.82) is 0 Å². The van der Waals surface area contributed by atoms with Gasteiger partial charge in [0.1, 0.15) is 30.0 Å². The van der Waals surface area contributed by atoms with E-state index < -0.39 is 66.8 Å². The van der Waals surface area contributed by atoms with Gasteiger partial charge in [0.25, 0.3) is 5.91 Å². The molecule has 3 aromatic rings. The third-order valence-corrected chi connectivity index (χ3v) is 8.96. The second kappa shape index (κ2) is 13.5. The molecule has 2 aliphatic rings. The predicted molar refractivity (Wildman–Crippen MR) is 161 cm³/mol. The summed E-state index contributed by atoms with van der Waals surface area (Å²) in [6.07, 6.45) is -5.61. The lowest BCUT2D eigenvalue weighted by molar-refractivity contribution is -0.211. The van der Waals surface area contributed by atoms with Crippen molar-refractivity contribution in [3.05, 3.63) is 62.7 Å². The number of β-amino-alcohol motifs (C(OH)–C–C–N with tert-alkyl or cyclic N) is 1. The van der Waals surface area contributed by atoms with Crippen LogP contribution in [0.25, 0.3) is 11.3 Å². The molecule has 0 aliphatic carbocycles. The van der Waals surface area contributed by atoms with Gasteiger partial charge in [0.15, 0.2) is 17.7 Å². The number of methoxy groups -OCH3 is 1. The number of nitrogens with zero attached hydrogens (tertiary/aromatic N) is 5. The number of amides is 2. The van der Waals surface area contributed by atoms with Gasteiger partial charge in [0.2, 0.25) is 5.91 Å². The monoisotopic (exact) mass is 733 g/mol. The minimum atomic E-state index is -1.54. The van der Waals surface area contributed by atoms with E-state index in [9.17, 15) is 33.7 Å². The number of hydrogen-bond donors (Lipinski definition) is 3. The second-order valence-electron chi connectivity index (χ2n) is 10.7. The number of aromatic nitrogens is 3. The fourth-order valence-electron chi connectivity index (χ4n) is 5.71. The van der Waals surface area contributed by atoms with E-state index in [1.807, 2.05) is 0 Å². The van der Waals surface area contributed by atoms with E-state index in [4.69, 9.17) is 32.7 Å². The van der Waals surface area contributed by atoms with Gasteiger partial charge in [-0.25, -0.2) is 13.5 Å². The summed E-state index contributed by atoms with van der Waals surface area (Å²) in [5.41, 5.74) is -0.105. The van der Waals surface area contributed by atoms with Crippen LogP contribution < -0.4 is 4.90 Å². The van der Waals surface area contributed by atoms with Crippen LogP contribution in [0.2, 0.25) is 10.0 Å². The summed E-state index contributed by atoms with van der Waals surface area (Å²) in [6.45, 7) is 0.529. The van der Waals surface area contributed by atoms with Crippen LogP contribution in [-0.4, -0.2) is 110 Å². The van der Waals surface area contributed by atoms with Crippen molar-refractivity contribution >= 4 is 56.6 Å². The lowest BCUT2D eigenvalue weighted by Crippen LogP contribution is -2.63. The lowest BCUT2D eigenvalue weighted by Gasteiger charge is -2.45. The summed E-state index contributed by atoms with van der Waals surface area (Å²) in [5.74, 6) is -3.40. The molecule has 2 fully saturated rings. The molecule has 242 valence electrons. The molecule has 0 spiro atoms.